The van der Waals surface area contributed by atoms with E-state index in [0.717, 1.165) is 5.92 Å². The van der Waals surface area contributed by atoms with Crippen LogP contribution in [0.25, 0.3) is 0 Å². The summed E-state index contributed by atoms with van der Waals surface area (Å²) < 4.78 is 0. The highest BCUT2D eigenvalue weighted by Gasteiger charge is 2.07. The maximum Gasteiger partial charge on any atom is -0.0201 e. The largest absolute Gasteiger partial charge is 0.0877 e. The first-order valence-corrected chi connectivity index (χ1v) is 4.55. The van der Waals surface area contributed by atoms with E-state index in [1.54, 1.807) is 0 Å². The van der Waals surface area contributed by atoms with Crippen LogP contribution in [0.3, 0.4) is 0 Å². The van der Waals surface area contributed by atoms with Crippen molar-refractivity contribution in [2.24, 2.45) is 17.8 Å². The number of hydrogen-bond donors (Lipinski definition) is 0. The van der Waals surface area contributed by atoms with E-state index in [9.17, 15) is 0 Å². The first kappa shape index (κ1) is 8.58. The van der Waals surface area contributed by atoms with E-state index >= 15 is 0 Å². The van der Waals surface area contributed by atoms with Crippen LogP contribution in [0.5, 0.6) is 0 Å². The Morgan fingerprint density at radius 3 is 2.27 bits per heavy atom. The number of rotatable bonds is 0. The summed E-state index contributed by atoms with van der Waals surface area (Å²) in [5.74, 6) is 2.13. The number of allylic oxidation sites excluding steroid dienone is 4. The van der Waals surface area contributed by atoms with Crippen LogP contribution in [0.2, 0.25) is 0 Å². The second-order valence-corrected chi connectivity index (χ2v) is 3.74. The summed E-state index contributed by atoms with van der Waals surface area (Å²) in [5.41, 5.74) is 0. The highest BCUT2D eigenvalue weighted by Crippen LogP contribution is 2.19. The molecule has 0 heterocycles. The molecular weight excluding hydrogens is 132 g/mol. The quantitative estimate of drug-likeness (QED) is 0.464. The highest BCUT2D eigenvalue weighted by molar-refractivity contribution is 5.02. The van der Waals surface area contributed by atoms with E-state index in [4.69, 9.17) is 0 Å². The van der Waals surface area contributed by atoms with Gasteiger partial charge in [0.2, 0.25) is 0 Å². The monoisotopic (exact) mass is 150 g/mol. The molecular formula is C11H18. The lowest BCUT2D eigenvalue weighted by Gasteiger charge is -2.15. The van der Waals surface area contributed by atoms with E-state index < -0.39 is 0 Å². The Kier molecular flexibility index (Phi) is 2.92. The Labute approximate surface area is 70.0 Å². The van der Waals surface area contributed by atoms with Crippen molar-refractivity contribution < 1.29 is 0 Å². The van der Waals surface area contributed by atoms with Crippen molar-refractivity contribution in [2.45, 2.75) is 27.2 Å². The molecule has 1 aliphatic rings. The molecule has 11 heavy (non-hydrogen) atoms. The topological polar surface area (TPSA) is 0 Å². The molecule has 0 bridgehead atoms. The molecule has 0 nitrogen and oxygen atoms in total. The van der Waals surface area contributed by atoms with Gasteiger partial charge in [-0.25, -0.2) is 0 Å². The average Bonchev–Trinajstić information content (AvgIpc) is 1.98. The van der Waals surface area contributed by atoms with Gasteiger partial charge in [-0.15, -0.1) is 0 Å². The van der Waals surface area contributed by atoms with Crippen molar-refractivity contribution in [1.82, 2.24) is 0 Å². The molecule has 0 heteroatoms. The van der Waals surface area contributed by atoms with Crippen LogP contribution in [0.15, 0.2) is 24.3 Å². The molecule has 1 rings (SSSR count). The molecule has 0 radical (unpaired) electrons. The molecule has 0 N–H and O–H groups in total. The van der Waals surface area contributed by atoms with E-state index in [1.807, 2.05) is 0 Å². The molecule has 0 spiro atoms. The lowest BCUT2D eigenvalue weighted by molar-refractivity contribution is 0.542. The van der Waals surface area contributed by atoms with Crippen molar-refractivity contribution in [3.05, 3.63) is 24.3 Å². The fourth-order valence-corrected chi connectivity index (χ4v) is 1.30. The summed E-state index contributed by atoms with van der Waals surface area (Å²) in [6.45, 7) is 6.83. The lowest BCUT2D eigenvalue weighted by atomic mass is 9.90. The van der Waals surface area contributed by atoms with Crippen LogP contribution in [-0.2, 0) is 0 Å². The minimum Gasteiger partial charge on any atom is -0.0877 e. The van der Waals surface area contributed by atoms with Gasteiger partial charge in [-0.1, -0.05) is 45.1 Å². The van der Waals surface area contributed by atoms with E-state index in [-0.39, 0.29) is 0 Å². The number of hydrogen-bond acceptors (Lipinski definition) is 0. The standard InChI is InChI=1S/C11H18/c1-9-5-4-6-10(2)11(3)8-7-9/h4,6-11H,5H2,1-3H3. The van der Waals surface area contributed by atoms with Crippen molar-refractivity contribution in [1.29, 1.82) is 0 Å². The fraction of sp³-hybridized carbons (Fsp3) is 0.636. The molecule has 3 atom stereocenters. The molecule has 0 fully saturated rings. The smallest absolute Gasteiger partial charge is 0.0201 e. The summed E-state index contributed by atoms with van der Waals surface area (Å²) in [6, 6.07) is 0. The van der Waals surface area contributed by atoms with E-state index in [2.05, 4.69) is 45.1 Å². The van der Waals surface area contributed by atoms with Gasteiger partial charge >= 0.3 is 0 Å². The van der Waals surface area contributed by atoms with Gasteiger partial charge in [-0.3, -0.25) is 0 Å². The van der Waals surface area contributed by atoms with Crippen molar-refractivity contribution in [3.63, 3.8) is 0 Å². The molecule has 0 aromatic carbocycles. The van der Waals surface area contributed by atoms with Crippen LogP contribution in [0.1, 0.15) is 27.2 Å². The minimum absolute atomic E-state index is 0.703. The summed E-state index contributed by atoms with van der Waals surface area (Å²) in [5, 5.41) is 0. The molecule has 62 valence electrons. The van der Waals surface area contributed by atoms with Gasteiger partial charge in [0.25, 0.3) is 0 Å². The molecule has 0 aliphatic heterocycles. The van der Waals surface area contributed by atoms with Crippen molar-refractivity contribution >= 4 is 0 Å². The second-order valence-electron chi connectivity index (χ2n) is 3.74. The Morgan fingerprint density at radius 2 is 1.55 bits per heavy atom. The minimum atomic E-state index is 0.703. The fourth-order valence-electron chi connectivity index (χ4n) is 1.30. The molecule has 0 saturated carbocycles. The summed E-state index contributed by atoms with van der Waals surface area (Å²) in [6.07, 6.45) is 10.5. The van der Waals surface area contributed by atoms with Gasteiger partial charge in [-0.05, 0) is 24.2 Å². The third kappa shape index (κ3) is 2.53. The van der Waals surface area contributed by atoms with Crippen LogP contribution in [-0.4, -0.2) is 0 Å². The van der Waals surface area contributed by atoms with Crippen molar-refractivity contribution in [2.75, 3.05) is 0 Å². The second kappa shape index (κ2) is 3.75. The van der Waals surface area contributed by atoms with Gasteiger partial charge in [0.05, 0.1) is 0 Å². The SMILES string of the molecule is CC1C=CC(C)C(C)C=CC1. The summed E-state index contributed by atoms with van der Waals surface area (Å²) in [4.78, 5) is 0. The van der Waals surface area contributed by atoms with Gasteiger partial charge in [0, 0.05) is 0 Å². The molecule has 0 saturated heterocycles. The zero-order valence-electron chi connectivity index (χ0n) is 7.75. The first-order chi connectivity index (χ1) is 5.20. The Hall–Kier alpha value is -0.520. The van der Waals surface area contributed by atoms with Crippen molar-refractivity contribution in [3.8, 4) is 0 Å². The van der Waals surface area contributed by atoms with Gasteiger partial charge in [0.15, 0.2) is 0 Å². The summed E-state index contributed by atoms with van der Waals surface area (Å²) >= 11 is 0. The maximum absolute atomic E-state index is 2.35. The lowest BCUT2D eigenvalue weighted by Crippen LogP contribution is -2.04. The van der Waals surface area contributed by atoms with Gasteiger partial charge in [-0.2, -0.15) is 0 Å². The third-order valence-corrected chi connectivity index (χ3v) is 2.52. The Balaban J connectivity index is 2.62. The highest BCUT2D eigenvalue weighted by atomic mass is 14.1. The molecule has 0 aromatic rings. The normalized spacial score (nSPS) is 38.3. The average molecular weight is 150 g/mol. The third-order valence-electron chi connectivity index (χ3n) is 2.52. The Bertz CT molecular complexity index is 165. The van der Waals surface area contributed by atoms with Crippen LogP contribution < -0.4 is 0 Å². The van der Waals surface area contributed by atoms with Crippen LogP contribution in [0, 0.1) is 17.8 Å². The van der Waals surface area contributed by atoms with Crippen LogP contribution >= 0.6 is 0 Å². The zero-order valence-corrected chi connectivity index (χ0v) is 7.75. The van der Waals surface area contributed by atoms with Crippen LogP contribution in [0.4, 0.5) is 0 Å². The molecule has 0 amide bonds. The van der Waals surface area contributed by atoms with E-state index in [1.165, 1.54) is 6.42 Å². The molecule has 1 aliphatic carbocycles. The maximum atomic E-state index is 2.35. The zero-order chi connectivity index (χ0) is 8.27. The predicted molar refractivity (Wildman–Crippen MR) is 50.4 cm³/mol. The predicted octanol–water partition coefficient (Wildman–Crippen LogP) is 3.41. The van der Waals surface area contributed by atoms with Gasteiger partial charge in [0.1, 0.15) is 0 Å². The molecule has 0 aromatic heterocycles. The summed E-state index contributed by atoms with van der Waals surface area (Å²) in [7, 11) is 0. The van der Waals surface area contributed by atoms with Gasteiger partial charge < -0.3 is 0 Å². The van der Waals surface area contributed by atoms with E-state index in [0.29, 0.717) is 11.8 Å². The first-order valence-electron chi connectivity index (χ1n) is 4.55. The molecule has 3 unspecified atom stereocenters. The Morgan fingerprint density at radius 1 is 0.909 bits per heavy atom.